The van der Waals surface area contributed by atoms with Crippen LogP contribution in [0.2, 0.25) is 0 Å². The van der Waals surface area contributed by atoms with Gasteiger partial charge in [0, 0.05) is 11.7 Å². The fourth-order valence-electron chi connectivity index (χ4n) is 2.18. The maximum atomic E-state index is 5.79. The highest BCUT2D eigenvalue weighted by atomic mass is 32.2. The molecular weight excluding hydrogens is 210 g/mol. The van der Waals surface area contributed by atoms with E-state index in [-0.39, 0.29) is 12.4 Å². The van der Waals surface area contributed by atoms with Gasteiger partial charge in [-0.1, -0.05) is 6.42 Å². The molecule has 0 aromatic carbocycles. The molecule has 2 N–H and O–H groups in total. The van der Waals surface area contributed by atoms with Gasteiger partial charge in [-0.3, -0.25) is 0 Å². The Morgan fingerprint density at radius 3 is 3.00 bits per heavy atom. The number of thioether (sulfide) groups is 1. The Balaban J connectivity index is 1.67. The Morgan fingerprint density at radius 2 is 2.27 bits per heavy atom. The lowest BCUT2D eigenvalue weighted by molar-refractivity contribution is -0.0627. The van der Waals surface area contributed by atoms with Crippen LogP contribution in [0.4, 0.5) is 0 Å². The van der Waals surface area contributed by atoms with E-state index in [1.807, 2.05) is 0 Å². The molecule has 3 atom stereocenters. The molecule has 0 aromatic heterocycles. The lowest BCUT2D eigenvalue weighted by Gasteiger charge is -2.23. The van der Waals surface area contributed by atoms with E-state index in [1.165, 1.54) is 25.0 Å². The van der Waals surface area contributed by atoms with Crippen molar-refractivity contribution in [3.63, 3.8) is 0 Å². The van der Waals surface area contributed by atoms with Crippen LogP contribution in [0.25, 0.3) is 0 Å². The topological polar surface area (TPSA) is 44.5 Å². The molecule has 3 unspecified atom stereocenters. The molecule has 2 aliphatic heterocycles. The van der Waals surface area contributed by atoms with E-state index >= 15 is 0 Å². The van der Waals surface area contributed by atoms with Crippen LogP contribution in [0.15, 0.2) is 0 Å². The van der Waals surface area contributed by atoms with Crippen molar-refractivity contribution in [2.24, 2.45) is 5.73 Å². The standard InChI is InChI=1S/C11H21NO2S/c12-5-4-9-8-13-11(14-9)7-10-3-1-2-6-15-10/h9-11H,1-8,12H2. The van der Waals surface area contributed by atoms with Crippen LogP contribution >= 0.6 is 11.8 Å². The molecular formula is C11H21NO2S. The molecule has 3 nitrogen and oxygen atoms in total. The summed E-state index contributed by atoms with van der Waals surface area (Å²) in [5, 5.41) is 0.750. The second-order valence-corrected chi connectivity index (χ2v) is 5.73. The summed E-state index contributed by atoms with van der Waals surface area (Å²) in [6.07, 6.45) is 6.35. The predicted octanol–water partition coefficient (Wildman–Crippen LogP) is 1.75. The van der Waals surface area contributed by atoms with Gasteiger partial charge in [0.25, 0.3) is 0 Å². The maximum absolute atomic E-state index is 5.79. The van der Waals surface area contributed by atoms with Gasteiger partial charge in [-0.15, -0.1) is 0 Å². The van der Waals surface area contributed by atoms with Gasteiger partial charge in [0.1, 0.15) is 0 Å². The second-order valence-electron chi connectivity index (χ2n) is 4.32. The monoisotopic (exact) mass is 231 g/mol. The summed E-state index contributed by atoms with van der Waals surface area (Å²) in [5.74, 6) is 1.31. The van der Waals surface area contributed by atoms with Gasteiger partial charge in [0.15, 0.2) is 6.29 Å². The van der Waals surface area contributed by atoms with Gasteiger partial charge in [0.2, 0.25) is 0 Å². The molecule has 15 heavy (non-hydrogen) atoms. The van der Waals surface area contributed by atoms with E-state index in [9.17, 15) is 0 Å². The molecule has 2 saturated heterocycles. The average molecular weight is 231 g/mol. The first kappa shape index (κ1) is 11.7. The van der Waals surface area contributed by atoms with Crippen molar-refractivity contribution in [2.75, 3.05) is 18.9 Å². The van der Waals surface area contributed by atoms with E-state index in [4.69, 9.17) is 15.2 Å². The molecule has 0 spiro atoms. The smallest absolute Gasteiger partial charge is 0.159 e. The Morgan fingerprint density at radius 1 is 1.33 bits per heavy atom. The SMILES string of the molecule is NCCC1COC(CC2CCCCS2)O1. The predicted molar refractivity (Wildman–Crippen MR) is 63.0 cm³/mol. The summed E-state index contributed by atoms with van der Waals surface area (Å²) in [7, 11) is 0. The minimum Gasteiger partial charge on any atom is -0.350 e. The molecule has 2 aliphatic rings. The molecule has 0 bridgehead atoms. The first-order valence-corrected chi connectivity index (χ1v) is 7.02. The van der Waals surface area contributed by atoms with Crippen molar-refractivity contribution >= 4 is 11.8 Å². The summed E-state index contributed by atoms with van der Waals surface area (Å²) in [6.45, 7) is 1.43. The zero-order valence-corrected chi connectivity index (χ0v) is 10.0. The average Bonchev–Trinajstić information content (AvgIpc) is 2.68. The zero-order chi connectivity index (χ0) is 10.5. The highest BCUT2D eigenvalue weighted by Gasteiger charge is 2.28. The van der Waals surface area contributed by atoms with Gasteiger partial charge >= 0.3 is 0 Å². The number of nitrogens with two attached hydrogens (primary N) is 1. The van der Waals surface area contributed by atoms with Crippen molar-refractivity contribution in [3.05, 3.63) is 0 Å². The van der Waals surface area contributed by atoms with Crippen molar-refractivity contribution in [1.82, 2.24) is 0 Å². The van der Waals surface area contributed by atoms with E-state index in [0.717, 1.165) is 24.7 Å². The van der Waals surface area contributed by atoms with Crippen LogP contribution in [0.1, 0.15) is 32.1 Å². The Kier molecular flexibility index (Phi) is 4.75. The van der Waals surface area contributed by atoms with E-state index in [2.05, 4.69) is 11.8 Å². The Bertz CT molecular complexity index is 185. The minimum absolute atomic E-state index is 0.0390. The molecule has 0 aromatic rings. The van der Waals surface area contributed by atoms with Crippen molar-refractivity contribution in [3.8, 4) is 0 Å². The van der Waals surface area contributed by atoms with Crippen LogP contribution in [-0.2, 0) is 9.47 Å². The lowest BCUT2D eigenvalue weighted by atomic mass is 10.1. The molecule has 2 rings (SSSR count). The molecule has 0 aliphatic carbocycles. The fourth-order valence-corrected chi connectivity index (χ4v) is 3.51. The molecule has 0 saturated carbocycles. The van der Waals surface area contributed by atoms with Crippen molar-refractivity contribution in [1.29, 1.82) is 0 Å². The van der Waals surface area contributed by atoms with E-state index < -0.39 is 0 Å². The first-order valence-electron chi connectivity index (χ1n) is 5.97. The quantitative estimate of drug-likeness (QED) is 0.800. The maximum Gasteiger partial charge on any atom is 0.159 e. The van der Waals surface area contributed by atoms with Crippen LogP contribution in [0, 0.1) is 0 Å². The second kappa shape index (κ2) is 6.09. The molecule has 88 valence electrons. The molecule has 0 radical (unpaired) electrons. The van der Waals surface area contributed by atoms with Gasteiger partial charge in [0.05, 0.1) is 12.7 Å². The van der Waals surface area contributed by atoms with Crippen LogP contribution in [-0.4, -0.2) is 36.5 Å². The van der Waals surface area contributed by atoms with Crippen LogP contribution in [0.5, 0.6) is 0 Å². The van der Waals surface area contributed by atoms with Gasteiger partial charge in [-0.2, -0.15) is 11.8 Å². The first-order chi connectivity index (χ1) is 7.38. The number of hydrogen-bond acceptors (Lipinski definition) is 4. The molecule has 4 heteroatoms. The summed E-state index contributed by atoms with van der Waals surface area (Å²) < 4.78 is 11.4. The highest BCUT2D eigenvalue weighted by Crippen LogP contribution is 2.31. The zero-order valence-electron chi connectivity index (χ0n) is 9.19. The summed E-state index contributed by atoms with van der Waals surface area (Å²) in [4.78, 5) is 0. The molecule has 2 heterocycles. The minimum atomic E-state index is 0.0390. The number of ether oxygens (including phenoxy) is 2. The summed E-state index contributed by atoms with van der Waals surface area (Å²) in [6, 6.07) is 0. The van der Waals surface area contributed by atoms with Crippen LogP contribution < -0.4 is 5.73 Å². The van der Waals surface area contributed by atoms with E-state index in [1.54, 1.807) is 0 Å². The molecule has 2 fully saturated rings. The Labute approximate surface area is 96.1 Å². The van der Waals surface area contributed by atoms with Crippen molar-refractivity contribution in [2.45, 2.75) is 49.7 Å². The Hall–Kier alpha value is 0.230. The van der Waals surface area contributed by atoms with Gasteiger partial charge in [-0.05, 0) is 31.6 Å². The van der Waals surface area contributed by atoms with Crippen LogP contribution in [0.3, 0.4) is 0 Å². The summed E-state index contributed by atoms with van der Waals surface area (Å²) in [5.41, 5.74) is 5.50. The van der Waals surface area contributed by atoms with E-state index in [0.29, 0.717) is 6.54 Å². The van der Waals surface area contributed by atoms with Crippen molar-refractivity contribution < 1.29 is 9.47 Å². The third kappa shape index (κ3) is 3.63. The normalized spacial score (nSPS) is 37.0. The largest absolute Gasteiger partial charge is 0.350 e. The number of hydrogen-bond donors (Lipinski definition) is 1. The third-order valence-electron chi connectivity index (χ3n) is 3.03. The molecule has 0 amide bonds. The van der Waals surface area contributed by atoms with Gasteiger partial charge in [-0.25, -0.2) is 0 Å². The lowest BCUT2D eigenvalue weighted by Crippen LogP contribution is -2.21. The van der Waals surface area contributed by atoms with Gasteiger partial charge < -0.3 is 15.2 Å². The summed E-state index contributed by atoms with van der Waals surface area (Å²) >= 11 is 2.08. The number of rotatable bonds is 4. The highest BCUT2D eigenvalue weighted by molar-refractivity contribution is 7.99. The fraction of sp³-hybridized carbons (Fsp3) is 1.00. The third-order valence-corrected chi connectivity index (χ3v) is 4.45.